The Morgan fingerprint density at radius 1 is 1.25 bits per heavy atom. The van der Waals surface area contributed by atoms with E-state index in [9.17, 15) is 18.0 Å². The van der Waals surface area contributed by atoms with E-state index in [4.69, 9.17) is 0 Å². The standard InChI is InChI=1S/C17H21F3N2O.ClH/c1-11(13-8-21-9-13)16(23)22(15-6-7-15)10-12-2-4-14(5-3-12)17(18,19)20;/h2-5,11,13,15,21H,6-10H2,1H3;1H. The van der Waals surface area contributed by atoms with E-state index in [0.717, 1.165) is 43.6 Å². The second-order valence-electron chi connectivity index (χ2n) is 6.60. The summed E-state index contributed by atoms with van der Waals surface area (Å²) in [6.45, 7) is 4.08. The molecule has 7 heteroatoms. The van der Waals surface area contributed by atoms with Crippen LogP contribution in [0.5, 0.6) is 0 Å². The molecule has 2 aliphatic rings. The monoisotopic (exact) mass is 362 g/mol. The normalized spacial score (nSPS) is 19.2. The van der Waals surface area contributed by atoms with Crippen LogP contribution in [0.15, 0.2) is 24.3 Å². The number of nitrogens with zero attached hydrogens (tertiary/aromatic N) is 1. The maximum Gasteiger partial charge on any atom is 0.416 e. The number of nitrogens with one attached hydrogen (secondary N) is 1. The van der Waals surface area contributed by atoms with Crippen LogP contribution in [-0.2, 0) is 17.5 Å². The van der Waals surface area contributed by atoms with Crippen LogP contribution in [-0.4, -0.2) is 29.9 Å². The molecule has 0 bridgehead atoms. The average molecular weight is 363 g/mol. The summed E-state index contributed by atoms with van der Waals surface area (Å²) in [4.78, 5) is 14.6. The summed E-state index contributed by atoms with van der Waals surface area (Å²) in [6.07, 6.45) is -2.35. The van der Waals surface area contributed by atoms with Gasteiger partial charge in [-0.3, -0.25) is 4.79 Å². The van der Waals surface area contributed by atoms with Crippen LogP contribution in [0.1, 0.15) is 30.9 Å². The Kier molecular flexibility index (Phi) is 5.81. The number of amides is 1. The Bertz CT molecular complexity index is 568. The highest BCUT2D eigenvalue weighted by Gasteiger charge is 2.38. The minimum absolute atomic E-state index is 0. The van der Waals surface area contributed by atoms with Gasteiger partial charge in [0.1, 0.15) is 0 Å². The van der Waals surface area contributed by atoms with E-state index in [0.29, 0.717) is 12.5 Å². The van der Waals surface area contributed by atoms with Gasteiger partial charge in [0.25, 0.3) is 0 Å². The third-order valence-corrected chi connectivity index (χ3v) is 4.81. The lowest BCUT2D eigenvalue weighted by Gasteiger charge is -2.35. The Morgan fingerprint density at radius 2 is 1.83 bits per heavy atom. The van der Waals surface area contributed by atoms with Crippen molar-refractivity contribution in [2.45, 2.75) is 38.5 Å². The molecule has 3 rings (SSSR count). The molecule has 1 atom stereocenters. The van der Waals surface area contributed by atoms with Gasteiger partial charge in [-0.1, -0.05) is 19.1 Å². The highest BCUT2D eigenvalue weighted by Crippen LogP contribution is 2.33. The van der Waals surface area contributed by atoms with E-state index in [2.05, 4.69) is 5.32 Å². The van der Waals surface area contributed by atoms with Crippen LogP contribution >= 0.6 is 12.4 Å². The summed E-state index contributed by atoms with van der Waals surface area (Å²) in [7, 11) is 0. The van der Waals surface area contributed by atoms with Crippen LogP contribution in [0.4, 0.5) is 13.2 Å². The van der Waals surface area contributed by atoms with Gasteiger partial charge in [-0.2, -0.15) is 13.2 Å². The van der Waals surface area contributed by atoms with Crippen molar-refractivity contribution >= 4 is 18.3 Å². The number of carbonyl (C=O) groups excluding carboxylic acids is 1. The fourth-order valence-electron chi connectivity index (χ4n) is 2.90. The van der Waals surface area contributed by atoms with Gasteiger partial charge in [0.05, 0.1) is 5.56 Å². The molecule has 2 fully saturated rings. The van der Waals surface area contributed by atoms with Crippen molar-refractivity contribution in [1.29, 1.82) is 0 Å². The summed E-state index contributed by atoms with van der Waals surface area (Å²) >= 11 is 0. The molecule has 1 saturated heterocycles. The lowest BCUT2D eigenvalue weighted by molar-refractivity contribution is -0.139. The van der Waals surface area contributed by atoms with Gasteiger partial charge in [-0.25, -0.2) is 0 Å². The maximum atomic E-state index is 12.7. The van der Waals surface area contributed by atoms with Crippen LogP contribution in [0.25, 0.3) is 0 Å². The zero-order valence-corrected chi connectivity index (χ0v) is 14.3. The molecule has 24 heavy (non-hydrogen) atoms. The van der Waals surface area contributed by atoms with Gasteiger partial charge in [-0.15, -0.1) is 12.4 Å². The van der Waals surface area contributed by atoms with Gasteiger partial charge in [0.15, 0.2) is 0 Å². The molecule has 134 valence electrons. The predicted molar refractivity (Wildman–Crippen MR) is 87.8 cm³/mol. The van der Waals surface area contributed by atoms with Crippen LogP contribution in [0, 0.1) is 11.8 Å². The number of rotatable bonds is 5. The van der Waals surface area contributed by atoms with Crippen LogP contribution in [0.2, 0.25) is 0 Å². The lowest BCUT2D eigenvalue weighted by Crippen LogP contribution is -2.50. The second-order valence-corrected chi connectivity index (χ2v) is 6.60. The molecule has 1 N–H and O–H groups in total. The Balaban J connectivity index is 0.00000208. The summed E-state index contributed by atoms with van der Waals surface area (Å²) in [5.41, 5.74) is 0.0941. The van der Waals surface area contributed by atoms with Gasteiger partial charge < -0.3 is 10.2 Å². The first-order chi connectivity index (χ1) is 10.9. The van der Waals surface area contributed by atoms with Crippen molar-refractivity contribution < 1.29 is 18.0 Å². The molecule has 1 amide bonds. The number of benzene rings is 1. The lowest BCUT2D eigenvalue weighted by atomic mass is 9.87. The first-order valence-corrected chi connectivity index (χ1v) is 8.03. The van der Waals surface area contributed by atoms with E-state index in [1.807, 2.05) is 11.8 Å². The quantitative estimate of drug-likeness (QED) is 0.869. The third-order valence-electron chi connectivity index (χ3n) is 4.81. The SMILES string of the molecule is CC(C(=O)N(Cc1ccc(C(F)(F)F)cc1)C1CC1)C1CNC1.Cl. The minimum atomic E-state index is -4.32. The molecule has 1 aromatic carbocycles. The molecule has 1 heterocycles. The zero-order chi connectivity index (χ0) is 16.6. The number of hydrogen-bond acceptors (Lipinski definition) is 2. The molecule has 1 saturated carbocycles. The molecule has 0 aromatic heterocycles. The number of alkyl halides is 3. The van der Waals surface area contributed by atoms with E-state index in [1.165, 1.54) is 12.1 Å². The molecular formula is C17H22ClF3N2O. The smallest absolute Gasteiger partial charge is 0.335 e. The summed E-state index contributed by atoms with van der Waals surface area (Å²) in [6, 6.07) is 5.37. The molecule has 1 unspecified atom stereocenters. The van der Waals surface area contributed by atoms with Crippen molar-refractivity contribution in [2.75, 3.05) is 13.1 Å². The van der Waals surface area contributed by atoms with Crippen molar-refractivity contribution in [3.05, 3.63) is 35.4 Å². The van der Waals surface area contributed by atoms with Crippen molar-refractivity contribution in [1.82, 2.24) is 10.2 Å². The van der Waals surface area contributed by atoms with E-state index >= 15 is 0 Å². The molecule has 1 aliphatic heterocycles. The first kappa shape index (κ1) is 19.1. The van der Waals surface area contributed by atoms with Gasteiger partial charge in [0, 0.05) is 18.5 Å². The fraction of sp³-hybridized carbons (Fsp3) is 0.588. The number of hydrogen-bond donors (Lipinski definition) is 1. The highest BCUT2D eigenvalue weighted by molar-refractivity contribution is 5.85. The number of carbonyl (C=O) groups is 1. The van der Waals surface area contributed by atoms with Gasteiger partial charge >= 0.3 is 6.18 Å². The van der Waals surface area contributed by atoms with E-state index < -0.39 is 11.7 Å². The minimum Gasteiger partial charge on any atom is -0.335 e. The van der Waals surface area contributed by atoms with Crippen LogP contribution < -0.4 is 5.32 Å². The summed E-state index contributed by atoms with van der Waals surface area (Å²) in [5.74, 6) is 0.460. The van der Waals surface area contributed by atoms with Gasteiger partial charge in [-0.05, 0) is 49.5 Å². The molecule has 1 aromatic rings. The Morgan fingerprint density at radius 3 is 2.25 bits per heavy atom. The highest BCUT2D eigenvalue weighted by atomic mass is 35.5. The van der Waals surface area contributed by atoms with Crippen LogP contribution in [0.3, 0.4) is 0 Å². The van der Waals surface area contributed by atoms with Gasteiger partial charge in [0.2, 0.25) is 5.91 Å². The zero-order valence-electron chi connectivity index (χ0n) is 13.5. The number of halogens is 4. The fourth-order valence-corrected chi connectivity index (χ4v) is 2.90. The maximum absolute atomic E-state index is 12.7. The van der Waals surface area contributed by atoms with Crippen molar-refractivity contribution in [3.63, 3.8) is 0 Å². The summed E-state index contributed by atoms with van der Waals surface area (Å²) < 4.78 is 37.9. The van der Waals surface area contributed by atoms with Crippen molar-refractivity contribution in [2.24, 2.45) is 11.8 Å². The summed E-state index contributed by atoms with van der Waals surface area (Å²) in [5, 5.41) is 3.17. The topological polar surface area (TPSA) is 32.3 Å². The molecular weight excluding hydrogens is 341 g/mol. The largest absolute Gasteiger partial charge is 0.416 e. The second kappa shape index (κ2) is 7.31. The molecule has 0 radical (unpaired) electrons. The average Bonchev–Trinajstić information content (AvgIpc) is 3.26. The molecule has 3 nitrogen and oxygen atoms in total. The van der Waals surface area contributed by atoms with E-state index in [1.54, 1.807) is 0 Å². The van der Waals surface area contributed by atoms with Crippen molar-refractivity contribution in [3.8, 4) is 0 Å². The predicted octanol–water partition coefficient (Wildman–Crippen LogP) is 3.47. The Hall–Kier alpha value is -1.27. The first-order valence-electron chi connectivity index (χ1n) is 8.03. The van der Waals surface area contributed by atoms with E-state index in [-0.39, 0.29) is 30.3 Å². The molecule has 1 aliphatic carbocycles. The third kappa shape index (κ3) is 4.22. The Labute approximate surface area is 146 Å². The molecule has 0 spiro atoms.